The lowest BCUT2D eigenvalue weighted by Crippen LogP contribution is -2.49. The highest BCUT2D eigenvalue weighted by atomic mass is 16.3. The number of hydrogen-bond donors (Lipinski definition) is 4. The van der Waals surface area contributed by atoms with Crippen molar-refractivity contribution in [3.8, 4) is 0 Å². The van der Waals surface area contributed by atoms with E-state index in [2.05, 4.69) is 10.6 Å². The van der Waals surface area contributed by atoms with Crippen LogP contribution in [0.15, 0.2) is 66.7 Å². The van der Waals surface area contributed by atoms with Crippen LogP contribution in [0, 0.1) is 0 Å². The molecule has 2 amide bonds. The van der Waals surface area contributed by atoms with Gasteiger partial charge in [-0.1, -0.05) is 80.1 Å². The van der Waals surface area contributed by atoms with Gasteiger partial charge in [-0.25, -0.2) is 0 Å². The van der Waals surface area contributed by atoms with Crippen LogP contribution in [-0.2, 0) is 20.8 Å². The van der Waals surface area contributed by atoms with E-state index in [1.54, 1.807) is 0 Å². The van der Waals surface area contributed by atoms with Gasteiger partial charge in [0.2, 0.25) is 5.91 Å². The molecular weight excluding hydrogens is 394 g/mol. The number of benzene rings is 2. The van der Waals surface area contributed by atoms with Crippen LogP contribution in [0.3, 0.4) is 0 Å². The predicted octanol–water partition coefficient (Wildman–Crippen LogP) is 1.60. The number of aliphatic hydroxyl groups excluding tert-OH is 1. The molecule has 2 atom stereocenters. The standard InChI is InChI=1S/C18H27N3O4.C6H6/c1-2-6-15(19)17(24)18(25)21-12-16(23)20-11-14(22)10-9-13-7-4-3-5-8-13;1-2-4-6-5-3-1/h3-5,7-8,15,17,24H,2,6,9-12,19H2,1H3,(H,20,23)(H,21,25);1-6H. The lowest BCUT2D eigenvalue weighted by Gasteiger charge is -2.17. The third kappa shape index (κ3) is 12.3. The highest BCUT2D eigenvalue weighted by molar-refractivity contribution is 5.90. The first kappa shape index (κ1) is 26.0. The Hall–Kier alpha value is -3.03. The van der Waals surface area contributed by atoms with Crippen molar-refractivity contribution in [2.45, 2.75) is 44.8 Å². The maximum atomic E-state index is 11.8. The van der Waals surface area contributed by atoms with Crippen LogP contribution < -0.4 is 16.4 Å². The zero-order valence-electron chi connectivity index (χ0n) is 18.0. The third-order valence-corrected chi connectivity index (χ3v) is 4.40. The summed E-state index contributed by atoms with van der Waals surface area (Å²) < 4.78 is 0. The van der Waals surface area contributed by atoms with E-state index in [1.807, 2.05) is 73.7 Å². The van der Waals surface area contributed by atoms with Gasteiger partial charge in [-0.2, -0.15) is 0 Å². The molecular formula is C24H33N3O4. The molecule has 0 saturated carbocycles. The lowest BCUT2D eigenvalue weighted by atomic mass is 10.1. The van der Waals surface area contributed by atoms with Crippen LogP contribution in [-0.4, -0.2) is 47.9 Å². The largest absolute Gasteiger partial charge is 0.382 e. The number of rotatable bonds is 11. The molecule has 0 aliphatic heterocycles. The van der Waals surface area contributed by atoms with E-state index in [-0.39, 0.29) is 18.9 Å². The molecule has 2 rings (SSSR count). The Morgan fingerprint density at radius 1 is 0.903 bits per heavy atom. The van der Waals surface area contributed by atoms with Crippen molar-refractivity contribution in [1.82, 2.24) is 10.6 Å². The molecule has 168 valence electrons. The van der Waals surface area contributed by atoms with Crippen LogP contribution in [0.2, 0.25) is 0 Å². The van der Waals surface area contributed by atoms with Crippen LogP contribution in [0.25, 0.3) is 0 Å². The second-order valence-electron chi connectivity index (χ2n) is 7.07. The van der Waals surface area contributed by atoms with Crippen LogP contribution in [0.4, 0.5) is 0 Å². The molecule has 2 aromatic rings. The summed E-state index contributed by atoms with van der Waals surface area (Å²) in [6.45, 7) is 1.51. The molecule has 0 heterocycles. The number of carbonyl (C=O) groups is 3. The minimum absolute atomic E-state index is 0.0839. The Kier molecular flexibility index (Phi) is 13.2. The molecule has 0 aromatic heterocycles. The fraction of sp³-hybridized carbons (Fsp3) is 0.375. The molecule has 0 aliphatic rings. The van der Waals surface area contributed by atoms with E-state index in [0.29, 0.717) is 19.3 Å². The third-order valence-electron chi connectivity index (χ3n) is 4.40. The molecule has 0 bridgehead atoms. The number of hydrogen-bond acceptors (Lipinski definition) is 5. The number of nitrogens with two attached hydrogens (primary N) is 1. The first-order valence-electron chi connectivity index (χ1n) is 10.5. The van der Waals surface area contributed by atoms with Crippen LogP contribution in [0.1, 0.15) is 31.7 Å². The van der Waals surface area contributed by atoms with E-state index in [4.69, 9.17) is 5.73 Å². The summed E-state index contributed by atoms with van der Waals surface area (Å²) in [7, 11) is 0. The first-order valence-corrected chi connectivity index (χ1v) is 10.5. The van der Waals surface area contributed by atoms with Gasteiger partial charge in [-0.3, -0.25) is 14.4 Å². The number of ketones is 1. The Labute approximate surface area is 184 Å². The molecule has 7 nitrogen and oxygen atoms in total. The molecule has 7 heteroatoms. The summed E-state index contributed by atoms with van der Waals surface area (Å²) in [5.41, 5.74) is 6.72. The van der Waals surface area contributed by atoms with Gasteiger partial charge in [0, 0.05) is 12.5 Å². The number of aryl methyl sites for hydroxylation is 1. The Bertz CT molecular complexity index is 742. The first-order chi connectivity index (χ1) is 14.9. The minimum Gasteiger partial charge on any atom is -0.382 e. The smallest absolute Gasteiger partial charge is 0.250 e. The molecule has 2 unspecified atom stereocenters. The highest BCUT2D eigenvalue weighted by Gasteiger charge is 2.22. The SMILES string of the molecule is CCCC(N)C(O)C(=O)NCC(=O)NCC(=O)CCc1ccccc1.c1ccccc1. The molecule has 0 spiro atoms. The van der Waals surface area contributed by atoms with E-state index < -0.39 is 24.0 Å². The minimum atomic E-state index is -1.35. The zero-order valence-corrected chi connectivity index (χ0v) is 18.0. The molecule has 5 N–H and O–H groups in total. The quantitative estimate of drug-likeness (QED) is 0.434. The van der Waals surface area contributed by atoms with E-state index >= 15 is 0 Å². The van der Waals surface area contributed by atoms with Gasteiger partial charge in [-0.05, 0) is 18.4 Å². The Morgan fingerprint density at radius 2 is 1.45 bits per heavy atom. The van der Waals surface area contributed by atoms with Gasteiger partial charge >= 0.3 is 0 Å². The second-order valence-corrected chi connectivity index (χ2v) is 7.07. The number of amides is 2. The number of nitrogens with one attached hydrogen (secondary N) is 2. The monoisotopic (exact) mass is 427 g/mol. The normalized spacial score (nSPS) is 12.0. The predicted molar refractivity (Wildman–Crippen MR) is 121 cm³/mol. The fourth-order valence-corrected chi connectivity index (χ4v) is 2.62. The van der Waals surface area contributed by atoms with Crippen LogP contribution in [0.5, 0.6) is 0 Å². The van der Waals surface area contributed by atoms with E-state index in [9.17, 15) is 19.5 Å². The summed E-state index contributed by atoms with van der Waals surface area (Å²) >= 11 is 0. The van der Waals surface area contributed by atoms with Crippen molar-refractivity contribution in [1.29, 1.82) is 0 Å². The van der Waals surface area contributed by atoms with Gasteiger partial charge in [0.25, 0.3) is 5.91 Å². The van der Waals surface area contributed by atoms with Crippen molar-refractivity contribution in [2.75, 3.05) is 13.1 Å². The highest BCUT2D eigenvalue weighted by Crippen LogP contribution is 2.02. The second kappa shape index (κ2) is 15.8. The average molecular weight is 428 g/mol. The Balaban J connectivity index is 0.000000683. The summed E-state index contributed by atoms with van der Waals surface area (Å²) in [5, 5.41) is 14.5. The molecule has 31 heavy (non-hydrogen) atoms. The van der Waals surface area contributed by atoms with Crippen molar-refractivity contribution >= 4 is 17.6 Å². The van der Waals surface area contributed by atoms with Gasteiger partial charge in [-0.15, -0.1) is 0 Å². The average Bonchev–Trinajstić information content (AvgIpc) is 2.81. The summed E-state index contributed by atoms with van der Waals surface area (Å²) in [4.78, 5) is 35.1. The molecule has 0 saturated heterocycles. The number of aliphatic hydroxyl groups is 1. The van der Waals surface area contributed by atoms with E-state index in [1.165, 1.54) is 0 Å². The van der Waals surface area contributed by atoms with Gasteiger partial charge in [0.05, 0.1) is 13.1 Å². The van der Waals surface area contributed by atoms with Gasteiger partial charge in [0.15, 0.2) is 5.78 Å². The molecule has 0 fully saturated rings. The van der Waals surface area contributed by atoms with Crippen LogP contribution >= 0.6 is 0 Å². The maximum Gasteiger partial charge on any atom is 0.250 e. The van der Waals surface area contributed by atoms with Gasteiger partial charge in [0.1, 0.15) is 6.10 Å². The summed E-state index contributed by atoms with van der Waals surface area (Å²) in [6.07, 6.45) is 0.864. The van der Waals surface area contributed by atoms with Crippen molar-refractivity contribution < 1.29 is 19.5 Å². The van der Waals surface area contributed by atoms with Gasteiger partial charge < -0.3 is 21.5 Å². The van der Waals surface area contributed by atoms with E-state index in [0.717, 1.165) is 12.0 Å². The zero-order chi connectivity index (χ0) is 22.9. The summed E-state index contributed by atoms with van der Waals surface area (Å²) in [6, 6.07) is 20.9. The topological polar surface area (TPSA) is 122 Å². The number of Topliss-reactive ketones (excluding diaryl/α,β-unsaturated/α-hetero) is 1. The fourth-order valence-electron chi connectivity index (χ4n) is 2.62. The molecule has 0 radical (unpaired) electrons. The Morgan fingerprint density at radius 3 is 2.00 bits per heavy atom. The summed E-state index contributed by atoms with van der Waals surface area (Å²) in [5.74, 6) is -1.27. The molecule has 2 aromatic carbocycles. The lowest BCUT2D eigenvalue weighted by molar-refractivity contribution is -0.132. The molecule has 0 aliphatic carbocycles. The van der Waals surface area contributed by atoms with Crippen molar-refractivity contribution in [3.63, 3.8) is 0 Å². The maximum absolute atomic E-state index is 11.8. The number of carbonyl (C=O) groups excluding carboxylic acids is 3. The van der Waals surface area contributed by atoms with Crippen molar-refractivity contribution in [2.24, 2.45) is 5.73 Å². The van der Waals surface area contributed by atoms with Crippen molar-refractivity contribution in [3.05, 3.63) is 72.3 Å².